The van der Waals surface area contributed by atoms with Crippen molar-refractivity contribution in [2.24, 2.45) is 5.41 Å². The van der Waals surface area contributed by atoms with Crippen molar-refractivity contribution in [3.05, 3.63) is 41.7 Å². The maximum Gasteiger partial charge on any atom is 0.573 e. The number of nitrogens with one attached hydrogen (secondary N) is 2. The number of fused-ring (bicyclic) bond motifs is 1. The van der Waals surface area contributed by atoms with Gasteiger partial charge in [-0.1, -0.05) is 0 Å². The first-order valence-corrected chi connectivity index (χ1v) is 10.6. The number of aromatic nitrogens is 3. The monoisotopic (exact) mass is 466 g/mol. The Morgan fingerprint density at radius 2 is 2.06 bits per heavy atom. The van der Waals surface area contributed by atoms with Crippen molar-refractivity contribution in [2.75, 3.05) is 18.4 Å². The first kappa shape index (κ1) is 20.5. The molecular formula is C19H17F3N6O3S. The Balaban J connectivity index is 1.09. The van der Waals surface area contributed by atoms with E-state index in [1.807, 2.05) is 5.38 Å². The van der Waals surface area contributed by atoms with E-state index in [-0.39, 0.29) is 23.2 Å². The van der Waals surface area contributed by atoms with E-state index in [1.165, 1.54) is 11.3 Å². The molecule has 2 fully saturated rings. The van der Waals surface area contributed by atoms with Gasteiger partial charge in [0.1, 0.15) is 16.4 Å². The minimum atomic E-state index is -4.83. The van der Waals surface area contributed by atoms with E-state index in [2.05, 4.69) is 25.5 Å². The molecule has 0 radical (unpaired) electrons. The molecule has 5 rings (SSSR count). The fourth-order valence-electron chi connectivity index (χ4n) is 4.31. The van der Waals surface area contributed by atoms with Gasteiger partial charge in [-0.3, -0.25) is 10.1 Å². The Labute approximate surface area is 183 Å². The molecule has 3 amide bonds. The quantitative estimate of drug-likeness (QED) is 0.616. The average Bonchev–Trinajstić information content (AvgIpc) is 3.24. The van der Waals surface area contributed by atoms with Crippen LogP contribution in [0.1, 0.15) is 23.2 Å². The molecule has 1 aliphatic heterocycles. The van der Waals surface area contributed by atoms with E-state index < -0.39 is 18.1 Å². The number of urea groups is 1. The maximum absolute atomic E-state index is 12.7. The van der Waals surface area contributed by atoms with Crippen LogP contribution in [0.25, 0.3) is 4.83 Å². The molecule has 1 saturated carbocycles. The zero-order valence-electron chi connectivity index (χ0n) is 16.4. The zero-order valence-corrected chi connectivity index (χ0v) is 17.2. The molecule has 168 valence electrons. The Bertz CT molecular complexity index is 1180. The zero-order chi connectivity index (χ0) is 22.5. The molecule has 13 heteroatoms. The molecule has 0 unspecified atom stereocenters. The van der Waals surface area contributed by atoms with Crippen LogP contribution in [0.5, 0.6) is 5.75 Å². The normalized spacial score (nSPS) is 17.7. The summed E-state index contributed by atoms with van der Waals surface area (Å²) in [6.07, 6.45) is 1.11. The second kappa shape index (κ2) is 7.36. The number of hydrogen-bond acceptors (Lipinski definition) is 6. The number of anilines is 1. The number of ether oxygens (including phenoxy) is 1. The summed E-state index contributed by atoms with van der Waals surface area (Å²) in [4.78, 5) is 31.3. The van der Waals surface area contributed by atoms with Gasteiger partial charge in [-0.25, -0.2) is 14.3 Å². The Morgan fingerprint density at radius 3 is 2.81 bits per heavy atom. The first-order chi connectivity index (χ1) is 15.2. The highest BCUT2D eigenvalue weighted by atomic mass is 32.1. The SMILES string of the molecule is O=C(Nc1cc(OC(F)(F)F)ccn1)NC1CC2(C1)CN(C(=O)c1cnn3ccsc13)C2. The molecule has 2 N–H and O–H groups in total. The van der Waals surface area contributed by atoms with Crippen LogP contribution >= 0.6 is 11.3 Å². The van der Waals surface area contributed by atoms with Crippen molar-refractivity contribution < 1.29 is 27.5 Å². The summed E-state index contributed by atoms with van der Waals surface area (Å²) in [5.41, 5.74) is 0.584. The second-order valence-electron chi connectivity index (χ2n) is 8.00. The first-order valence-electron chi connectivity index (χ1n) is 9.69. The van der Waals surface area contributed by atoms with Crippen molar-refractivity contribution in [3.63, 3.8) is 0 Å². The number of halogens is 3. The number of carbonyl (C=O) groups is 2. The van der Waals surface area contributed by atoms with Crippen LogP contribution in [0.4, 0.5) is 23.8 Å². The molecule has 1 saturated heterocycles. The molecule has 3 aromatic heterocycles. The van der Waals surface area contributed by atoms with Crippen molar-refractivity contribution >= 4 is 33.9 Å². The third kappa shape index (κ3) is 3.95. The number of nitrogens with zero attached hydrogens (tertiary/aromatic N) is 4. The van der Waals surface area contributed by atoms with Crippen molar-refractivity contribution in [1.29, 1.82) is 0 Å². The van der Waals surface area contributed by atoms with Crippen molar-refractivity contribution in [2.45, 2.75) is 25.2 Å². The number of pyridine rings is 1. The Morgan fingerprint density at radius 1 is 1.28 bits per heavy atom. The van der Waals surface area contributed by atoms with E-state index in [1.54, 1.807) is 21.8 Å². The number of likely N-dealkylation sites (tertiary alicyclic amines) is 1. The fourth-order valence-corrected chi connectivity index (χ4v) is 5.10. The predicted octanol–water partition coefficient (Wildman–Crippen LogP) is 3.12. The van der Waals surface area contributed by atoms with Gasteiger partial charge in [-0.15, -0.1) is 24.5 Å². The number of carbonyl (C=O) groups excluding carboxylic acids is 2. The highest BCUT2D eigenvalue weighted by molar-refractivity contribution is 7.15. The maximum atomic E-state index is 12.7. The van der Waals surface area contributed by atoms with Crippen LogP contribution in [0.3, 0.4) is 0 Å². The second-order valence-corrected chi connectivity index (χ2v) is 8.89. The molecule has 2 aliphatic rings. The predicted molar refractivity (Wildman–Crippen MR) is 108 cm³/mol. The summed E-state index contributed by atoms with van der Waals surface area (Å²) in [6.45, 7) is 1.24. The Kier molecular flexibility index (Phi) is 4.73. The average molecular weight is 466 g/mol. The van der Waals surface area contributed by atoms with Crippen LogP contribution in [0, 0.1) is 5.41 Å². The van der Waals surface area contributed by atoms with E-state index in [9.17, 15) is 22.8 Å². The van der Waals surface area contributed by atoms with Crippen LogP contribution < -0.4 is 15.4 Å². The molecule has 4 heterocycles. The topological polar surface area (TPSA) is 101 Å². The van der Waals surface area contributed by atoms with E-state index in [0.29, 0.717) is 18.7 Å². The fraction of sp³-hybridized carbons (Fsp3) is 0.368. The Hall–Kier alpha value is -3.35. The van der Waals surface area contributed by atoms with E-state index in [0.717, 1.165) is 36.0 Å². The lowest BCUT2D eigenvalue weighted by molar-refractivity contribution is -0.274. The molecular weight excluding hydrogens is 449 g/mol. The summed E-state index contributed by atoms with van der Waals surface area (Å²) >= 11 is 1.46. The number of amides is 3. The van der Waals surface area contributed by atoms with Gasteiger partial charge in [0.15, 0.2) is 0 Å². The third-order valence-corrected chi connectivity index (χ3v) is 6.49. The van der Waals surface area contributed by atoms with E-state index in [4.69, 9.17) is 0 Å². The number of rotatable bonds is 4. The molecule has 1 aliphatic carbocycles. The van der Waals surface area contributed by atoms with Gasteiger partial charge in [0.05, 0.1) is 11.8 Å². The van der Waals surface area contributed by atoms with Crippen LogP contribution in [0.15, 0.2) is 36.1 Å². The van der Waals surface area contributed by atoms with Crippen LogP contribution in [-0.2, 0) is 0 Å². The molecule has 1 spiro atoms. The molecule has 9 nitrogen and oxygen atoms in total. The highest BCUT2D eigenvalue weighted by Crippen LogP contribution is 2.48. The molecule has 0 atom stereocenters. The lowest BCUT2D eigenvalue weighted by Crippen LogP contribution is -2.67. The molecule has 32 heavy (non-hydrogen) atoms. The summed E-state index contributed by atoms with van der Waals surface area (Å²) in [5, 5.41) is 11.2. The molecule has 0 aromatic carbocycles. The smallest absolute Gasteiger partial charge is 0.406 e. The van der Waals surface area contributed by atoms with E-state index >= 15 is 0 Å². The van der Waals surface area contributed by atoms with Crippen LogP contribution in [0.2, 0.25) is 0 Å². The van der Waals surface area contributed by atoms with Crippen molar-refractivity contribution in [3.8, 4) is 5.75 Å². The number of hydrogen-bond donors (Lipinski definition) is 2. The summed E-state index contributed by atoms with van der Waals surface area (Å²) in [6, 6.07) is 1.39. The van der Waals surface area contributed by atoms with Gasteiger partial charge >= 0.3 is 12.4 Å². The van der Waals surface area contributed by atoms with Gasteiger partial charge in [-0.05, 0) is 18.9 Å². The third-order valence-electron chi connectivity index (χ3n) is 5.60. The van der Waals surface area contributed by atoms with Gasteiger partial charge in [0.2, 0.25) is 0 Å². The van der Waals surface area contributed by atoms with Crippen molar-refractivity contribution in [1.82, 2.24) is 24.8 Å². The largest absolute Gasteiger partial charge is 0.573 e. The standard InChI is InChI=1S/C19H17F3N6O3S/c20-19(21,22)31-12-1-2-23-14(5-12)26-17(30)25-11-6-18(7-11)9-27(10-18)15(29)13-8-24-28-3-4-32-16(13)28/h1-5,8,11H,6-7,9-10H2,(H2,23,25,26,30). The van der Waals surface area contributed by atoms with Gasteiger partial charge in [-0.2, -0.15) is 5.10 Å². The van der Waals surface area contributed by atoms with Gasteiger partial charge < -0.3 is 15.0 Å². The lowest BCUT2D eigenvalue weighted by Gasteiger charge is -2.58. The molecule has 0 bridgehead atoms. The summed E-state index contributed by atoms with van der Waals surface area (Å²) in [7, 11) is 0. The lowest BCUT2D eigenvalue weighted by atomic mass is 9.60. The minimum Gasteiger partial charge on any atom is -0.406 e. The van der Waals surface area contributed by atoms with Crippen LogP contribution in [-0.4, -0.2) is 56.9 Å². The van der Waals surface area contributed by atoms with Gasteiger partial charge in [0, 0.05) is 48.4 Å². The minimum absolute atomic E-state index is 0.00590. The summed E-state index contributed by atoms with van der Waals surface area (Å²) in [5.74, 6) is -0.572. The highest BCUT2D eigenvalue weighted by Gasteiger charge is 2.54. The number of alkyl halides is 3. The summed E-state index contributed by atoms with van der Waals surface area (Å²) < 4.78 is 42.4. The van der Waals surface area contributed by atoms with Gasteiger partial charge in [0.25, 0.3) is 5.91 Å². The number of thiazole rings is 1. The molecule has 3 aromatic rings.